The number of benzene rings is 3. The van der Waals surface area contributed by atoms with E-state index in [-0.39, 0.29) is 29.6 Å². The van der Waals surface area contributed by atoms with E-state index in [0.29, 0.717) is 17.1 Å². The monoisotopic (exact) mass is 607 g/mol. The summed E-state index contributed by atoms with van der Waals surface area (Å²) in [5, 5.41) is 3.51. The average Bonchev–Trinajstić information content (AvgIpc) is 2.91. The van der Waals surface area contributed by atoms with E-state index in [4.69, 9.17) is 23.2 Å². The van der Waals surface area contributed by atoms with E-state index < -0.39 is 34.3 Å². The summed E-state index contributed by atoms with van der Waals surface area (Å²) in [7, 11) is -3.99. The van der Waals surface area contributed by atoms with E-state index in [0.717, 1.165) is 35.0 Å². The summed E-state index contributed by atoms with van der Waals surface area (Å²) in [5.41, 5.74) is 1.41. The van der Waals surface area contributed by atoms with Crippen molar-refractivity contribution in [3.8, 4) is 0 Å². The van der Waals surface area contributed by atoms with Gasteiger partial charge < -0.3 is 10.2 Å². The molecule has 1 atom stereocenters. The third kappa shape index (κ3) is 8.94. The van der Waals surface area contributed by atoms with Crippen molar-refractivity contribution < 1.29 is 22.4 Å². The van der Waals surface area contributed by atoms with Crippen LogP contribution in [-0.4, -0.2) is 50.5 Å². The number of carbonyl (C=O) groups excluding carboxylic acids is 2. The number of amides is 2. The number of hydrogen-bond donors (Lipinski definition) is 1. The lowest BCUT2D eigenvalue weighted by Gasteiger charge is -2.33. The highest BCUT2D eigenvalue weighted by molar-refractivity contribution is 7.92. The summed E-state index contributed by atoms with van der Waals surface area (Å²) in [6.45, 7) is 1.74. The molecule has 0 heterocycles. The van der Waals surface area contributed by atoms with E-state index in [1.54, 1.807) is 18.2 Å². The smallest absolute Gasteiger partial charge is 0.244 e. The standard InChI is InChI=1S/C29H32Cl2FN3O4S/c1-3-4-15-33-29(37)27(17-21-9-6-5-7-10-21)34(19-22-13-14-25(30)26(31)16-22)28(36)20-35(40(2,38)39)24-12-8-11-23(32)18-24/h5-14,16,18,27H,3-4,15,17,19-20H2,1-2H3,(H,33,37)/t27-/m1/s1. The molecule has 0 saturated heterocycles. The summed E-state index contributed by atoms with van der Waals surface area (Å²) >= 11 is 12.3. The Morgan fingerprint density at radius 3 is 2.30 bits per heavy atom. The van der Waals surface area contributed by atoms with Gasteiger partial charge in [0.25, 0.3) is 0 Å². The molecule has 0 radical (unpaired) electrons. The minimum absolute atomic E-state index is 0.00246. The molecule has 0 spiro atoms. The Morgan fingerprint density at radius 1 is 0.950 bits per heavy atom. The summed E-state index contributed by atoms with van der Waals surface area (Å²) in [6, 6.07) is 18.1. The molecule has 11 heteroatoms. The van der Waals surface area contributed by atoms with E-state index in [1.165, 1.54) is 23.1 Å². The molecule has 3 aromatic carbocycles. The number of rotatable bonds is 13. The second-order valence-electron chi connectivity index (χ2n) is 9.37. The number of nitrogens with zero attached hydrogens (tertiary/aromatic N) is 2. The molecule has 214 valence electrons. The molecular weight excluding hydrogens is 576 g/mol. The van der Waals surface area contributed by atoms with Crippen LogP contribution in [0.25, 0.3) is 0 Å². The van der Waals surface area contributed by atoms with Gasteiger partial charge in [-0.15, -0.1) is 0 Å². The van der Waals surface area contributed by atoms with Crippen molar-refractivity contribution in [3.63, 3.8) is 0 Å². The summed E-state index contributed by atoms with van der Waals surface area (Å²) in [6.07, 6.45) is 2.75. The molecule has 0 saturated carbocycles. The Morgan fingerprint density at radius 2 is 1.68 bits per heavy atom. The van der Waals surface area contributed by atoms with Gasteiger partial charge in [0.15, 0.2) is 0 Å². The number of hydrogen-bond acceptors (Lipinski definition) is 4. The van der Waals surface area contributed by atoms with Crippen molar-refractivity contribution in [3.05, 3.63) is 99.8 Å². The van der Waals surface area contributed by atoms with Crippen molar-refractivity contribution in [1.29, 1.82) is 0 Å². The van der Waals surface area contributed by atoms with Crippen LogP contribution in [0.2, 0.25) is 10.0 Å². The fraction of sp³-hybridized carbons (Fsp3) is 0.310. The van der Waals surface area contributed by atoms with Gasteiger partial charge in [0, 0.05) is 19.5 Å². The van der Waals surface area contributed by atoms with Crippen LogP contribution in [0, 0.1) is 5.82 Å². The molecule has 3 rings (SSSR count). The molecule has 2 amide bonds. The Hall–Kier alpha value is -3.14. The SMILES string of the molecule is CCCCNC(=O)[C@@H](Cc1ccccc1)N(Cc1ccc(Cl)c(Cl)c1)C(=O)CN(c1cccc(F)c1)S(C)(=O)=O. The zero-order valence-electron chi connectivity index (χ0n) is 22.3. The lowest BCUT2D eigenvalue weighted by atomic mass is 10.0. The minimum Gasteiger partial charge on any atom is -0.354 e. The average molecular weight is 609 g/mol. The van der Waals surface area contributed by atoms with E-state index in [1.807, 2.05) is 37.3 Å². The first-order chi connectivity index (χ1) is 19.0. The number of nitrogens with one attached hydrogen (secondary N) is 1. The molecule has 0 aromatic heterocycles. The molecule has 3 aromatic rings. The van der Waals surface area contributed by atoms with Crippen LogP contribution in [0.15, 0.2) is 72.8 Å². The van der Waals surface area contributed by atoms with Crippen molar-refractivity contribution in [2.75, 3.05) is 23.7 Å². The van der Waals surface area contributed by atoms with Gasteiger partial charge in [0.1, 0.15) is 18.4 Å². The van der Waals surface area contributed by atoms with Crippen LogP contribution in [0.5, 0.6) is 0 Å². The fourth-order valence-corrected chi connectivity index (χ4v) is 5.30. The Kier molecular flexibility index (Phi) is 11.4. The molecule has 1 N–H and O–H groups in total. The van der Waals surface area contributed by atoms with Gasteiger partial charge in [-0.2, -0.15) is 0 Å². The Balaban J connectivity index is 2.05. The largest absolute Gasteiger partial charge is 0.354 e. The van der Waals surface area contributed by atoms with Crippen molar-refractivity contribution in [2.24, 2.45) is 0 Å². The molecule has 0 fully saturated rings. The zero-order valence-corrected chi connectivity index (χ0v) is 24.6. The zero-order chi connectivity index (χ0) is 29.3. The van der Waals surface area contributed by atoms with E-state index >= 15 is 0 Å². The summed E-state index contributed by atoms with van der Waals surface area (Å²) in [5.74, 6) is -1.67. The van der Waals surface area contributed by atoms with Gasteiger partial charge >= 0.3 is 0 Å². The van der Waals surface area contributed by atoms with Crippen LogP contribution < -0.4 is 9.62 Å². The summed E-state index contributed by atoms with van der Waals surface area (Å²) in [4.78, 5) is 28.8. The number of unbranched alkanes of at least 4 members (excludes halogenated alkanes) is 1. The van der Waals surface area contributed by atoms with Gasteiger partial charge in [0.05, 0.1) is 22.0 Å². The molecule has 0 aliphatic heterocycles. The molecule has 40 heavy (non-hydrogen) atoms. The number of carbonyl (C=O) groups is 2. The third-order valence-corrected chi connectivity index (χ3v) is 8.09. The maximum absolute atomic E-state index is 14.0. The second kappa shape index (κ2) is 14.5. The maximum Gasteiger partial charge on any atom is 0.244 e. The van der Waals surface area contributed by atoms with Crippen molar-refractivity contribution in [2.45, 2.75) is 38.8 Å². The molecular formula is C29H32Cl2FN3O4S. The first-order valence-electron chi connectivity index (χ1n) is 12.8. The van der Waals surface area contributed by atoms with Crippen molar-refractivity contribution >= 4 is 50.7 Å². The molecule has 0 aliphatic carbocycles. The fourth-order valence-electron chi connectivity index (χ4n) is 4.14. The number of sulfonamides is 1. The minimum atomic E-state index is -3.99. The van der Waals surface area contributed by atoms with Gasteiger partial charge in [-0.3, -0.25) is 13.9 Å². The summed E-state index contributed by atoms with van der Waals surface area (Å²) < 4.78 is 40.3. The number of halogens is 3. The first kappa shape index (κ1) is 31.4. The quantitative estimate of drug-likeness (QED) is 0.262. The lowest BCUT2D eigenvalue weighted by molar-refractivity contribution is -0.140. The first-order valence-corrected chi connectivity index (χ1v) is 15.4. The topological polar surface area (TPSA) is 86.8 Å². The lowest BCUT2D eigenvalue weighted by Crippen LogP contribution is -2.53. The molecule has 0 aliphatic rings. The van der Waals surface area contributed by atoms with Gasteiger partial charge in [0.2, 0.25) is 21.8 Å². The van der Waals surface area contributed by atoms with Crippen LogP contribution in [0.1, 0.15) is 30.9 Å². The molecule has 0 unspecified atom stereocenters. The molecule has 0 bridgehead atoms. The van der Waals surface area contributed by atoms with Crippen LogP contribution >= 0.6 is 23.2 Å². The highest BCUT2D eigenvalue weighted by atomic mass is 35.5. The van der Waals surface area contributed by atoms with Crippen LogP contribution in [0.4, 0.5) is 10.1 Å². The number of anilines is 1. The highest BCUT2D eigenvalue weighted by Gasteiger charge is 2.33. The van der Waals surface area contributed by atoms with Crippen LogP contribution in [0.3, 0.4) is 0 Å². The predicted molar refractivity (Wildman–Crippen MR) is 157 cm³/mol. The van der Waals surface area contributed by atoms with Crippen LogP contribution in [-0.2, 0) is 32.6 Å². The second-order valence-corrected chi connectivity index (χ2v) is 12.1. The normalized spacial score (nSPS) is 12.0. The van der Waals surface area contributed by atoms with Gasteiger partial charge in [-0.05, 0) is 47.9 Å². The maximum atomic E-state index is 14.0. The third-order valence-electron chi connectivity index (χ3n) is 6.21. The Bertz CT molecular complexity index is 1420. The molecule has 7 nitrogen and oxygen atoms in total. The highest BCUT2D eigenvalue weighted by Crippen LogP contribution is 2.25. The van der Waals surface area contributed by atoms with Gasteiger partial charge in [-0.25, -0.2) is 12.8 Å². The van der Waals surface area contributed by atoms with Crippen molar-refractivity contribution in [1.82, 2.24) is 10.2 Å². The predicted octanol–water partition coefficient (Wildman–Crippen LogP) is 5.45. The van der Waals surface area contributed by atoms with Gasteiger partial charge in [-0.1, -0.05) is 79.0 Å². The Labute approximate surface area is 244 Å². The van der Waals surface area contributed by atoms with E-state index in [9.17, 15) is 22.4 Å². The van der Waals surface area contributed by atoms with E-state index in [2.05, 4.69) is 5.32 Å².